The first-order valence-corrected chi connectivity index (χ1v) is 7.33. The van der Waals surface area contributed by atoms with E-state index in [2.05, 4.69) is 0 Å². The number of esters is 1. The average molecular weight is 341 g/mol. The molecular formula is C19H16FNO4. The molecule has 0 amide bonds. The molecule has 5 nitrogen and oxygen atoms in total. The minimum Gasteiger partial charge on any atom is -0.493 e. The summed E-state index contributed by atoms with van der Waals surface area (Å²) in [6.07, 6.45) is 1.53. The first-order chi connectivity index (χ1) is 12.1. The van der Waals surface area contributed by atoms with E-state index in [4.69, 9.17) is 14.2 Å². The summed E-state index contributed by atoms with van der Waals surface area (Å²) >= 11 is 0. The molecule has 0 aromatic heterocycles. The zero-order valence-corrected chi connectivity index (χ0v) is 13.8. The standard InChI is InChI=1S/C19H16FNO4/c1-23-12-19(22)25-17-8-7-13(10-18(17)24-2)9-14(11-21)15-5-3-4-6-16(15)20/h3-10H,12H2,1-2H3/b14-9-. The van der Waals surface area contributed by atoms with Gasteiger partial charge in [0.2, 0.25) is 0 Å². The van der Waals surface area contributed by atoms with Crippen LogP contribution in [-0.4, -0.2) is 26.8 Å². The number of carbonyl (C=O) groups excluding carboxylic acids is 1. The van der Waals surface area contributed by atoms with Crippen LogP contribution < -0.4 is 9.47 Å². The first-order valence-electron chi connectivity index (χ1n) is 7.33. The summed E-state index contributed by atoms with van der Waals surface area (Å²) in [5, 5.41) is 9.32. The van der Waals surface area contributed by atoms with Gasteiger partial charge in [-0.3, -0.25) is 0 Å². The Labute approximate surface area is 144 Å². The minimum atomic E-state index is -0.562. The summed E-state index contributed by atoms with van der Waals surface area (Å²) in [5.74, 6) is -0.504. The molecule has 6 heteroatoms. The van der Waals surface area contributed by atoms with Gasteiger partial charge in [-0.05, 0) is 29.8 Å². The molecule has 0 atom stereocenters. The van der Waals surface area contributed by atoms with E-state index < -0.39 is 11.8 Å². The van der Waals surface area contributed by atoms with Crippen LogP contribution in [-0.2, 0) is 9.53 Å². The number of methoxy groups -OCH3 is 2. The number of rotatable bonds is 6. The van der Waals surface area contributed by atoms with Crippen molar-refractivity contribution in [2.45, 2.75) is 0 Å². The largest absolute Gasteiger partial charge is 0.493 e. The van der Waals surface area contributed by atoms with Gasteiger partial charge in [-0.15, -0.1) is 0 Å². The van der Waals surface area contributed by atoms with Gasteiger partial charge in [-0.25, -0.2) is 9.18 Å². The maximum atomic E-state index is 13.9. The molecule has 0 spiro atoms. The molecule has 0 heterocycles. The van der Waals surface area contributed by atoms with Crippen LogP contribution in [0, 0.1) is 17.1 Å². The van der Waals surface area contributed by atoms with Crippen molar-refractivity contribution in [1.29, 1.82) is 5.26 Å². The summed E-state index contributed by atoms with van der Waals surface area (Å²) < 4.78 is 28.9. The zero-order chi connectivity index (χ0) is 18.2. The van der Waals surface area contributed by atoms with Crippen LogP contribution in [0.2, 0.25) is 0 Å². The highest BCUT2D eigenvalue weighted by Crippen LogP contribution is 2.30. The molecule has 0 radical (unpaired) electrons. The lowest BCUT2D eigenvalue weighted by molar-refractivity contribution is -0.138. The lowest BCUT2D eigenvalue weighted by Crippen LogP contribution is -2.14. The molecule has 2 rings (SSSR count). The molecule has 2 aromatic rings. The van der Waals surface area contributed by atoms with Crippen molar-refractivity contribution in [2.24, 2.45) is 0 Å². The maximum absolute atomic E-state index is 13.9. The maximum Gasteiger partial charge on any atom is 0.337 e. The van der Waals surface area contributed by atoms with Crippen LogP contribution >= 0.6 is 0 Å². The van der Waals surface area contributed by atoms with Gasteiger partial charge in [0.05, 0.1) is 18.8 Å². The number of nitrogens with zero attached hydrogens (tertiary/aromatic N) is 1. The summed E-state index contributed by atoms with van der Waals surface area (Å²) in [6, 6.07) is 12.8. The van der Waals surface area contributed by atoms with Crippen LogP contribution in [0.1, 0.15) is 11.1 Å². The van der Waals surface area contributed by atoms with E-state index in [0.717, 1.165) is 0 Å². The molecule has 0 unspecified atom stereocenters. The fourth-order valence-electron chi connectivity index (χ4n) is 2.14. The highest BCUT2D eigenvalue weighted by Gasteiger charge is 2.12. The van der Waals surface area contributed by atoms with Gasteiger partial charge in [-0.2, -0.15) is 5.26 Å². The molecule has 0 aliphatic rings. The lowest BCUT2D eigenvalue weighted by atomic mass is 10.0. The molecule has 0 saturated heterocycles. The third-order valence-electron chi connectivity index (χ3n) is 3.27. The topological polar surface area (TPSA) is 68.5 Å². The molecule has 25 heavy (non-hydrogen) atoms. The van der Waals surface area contributed by atoms with Crippen LogP contribution in [0.4, 0.5) is 4.39 Å². The minimum absolute atomic E-state index is 0.171. The van der Waals surface area contributed by atoms with E-state index in [-0.39, 0.29) is 23.5 Å². The summed E-state index contributed by atoms with van der Waals surface area (Å²) in [4.78, 5) is 11.5. The number of hydrogen-bond donors (Lipinski definition) is 0. The van der Waals surface area contributed by atoms with E-state index in [1.807, 2.05) is 6.07 Å². The number of allylic oxidation sites excluding steroid dienone is 1. The Morgan fingerprint density at radius 2 is 1.96 bits per heavy atom. The predicted octanol–water partition coefficient (Wildman–Crippen LogP) is 3.45. The average Bonchev–Trinajstić information content (AvgIpc) is 2.61. The van der Waals surface area contributed by atoms with E-state index in [1.165, 1.54) is 38.5 Å². The summed E-state index contributed by atoms with van der Waals surface area (Å²) in [6.45, 7) is -0.184. The molecule has 0 fully saturated rings. The van der Waals surface area contributed by atoms with Crippen molar-refractivity contribution in [3.8, 4) is 17.6 Å². The van der Waals surface area contributed by atoms with Crippen LogP contribution in [0.15, 0.2) is 42.5 Å². The van der Waals surface area contributed by atoms with E-state index in [9.17, 15) is 14.4 Å². The number of nitriles is 1. The number of halogens is 1. The number of ether oxygens (including phenoxy) is 3. The molecule has 128 valence electrons. The van der Waals surface area contributed by atoms with Gasteiger partial charge in [-0.1, -0.05) is 24.3 Å². The Hall–Kier alpha value is -3.17. The number of hydrogen-bond acceptors (Lipinski definition) is 5. The Morgan fingerprint density at radius 3 is 2.60 bits per heavy atom. The molecule has 2 aromatic carbocycles. The highest BCUT2D eigenvalue weighted by atomic mass is 19.1. The van der Waals surface area contributed by atoms with Crippen LogP contribution in [0.25, 0.3) is 11.6 Å². The van der Waals surface area contributed by atoms with Gasteiger partial charge < -0.3 is 14.2 Å². The zero-order valence-electron chi connectivity index (χ0n) is 13.8. The molecule has 0 aliphatic carbocycles. The Kier molecular flexibility index (Phi) is 6.26. The van der Waals surface area contributed by atoms with Crippen molar-refractivity contribution in [1.82, 2.24) is 0 Å². The fourth-order valence-corrected chi connectivity index (χ4v) is 2.14. The van der Waals surface area contributed by atoms with Gasteiger partial charge >= 0.3 is 5.97 Å². The normalized spacial score (nSPS) is 10.9. The molecular weight excluding hydrogens is 325 g/mol. The van der Waals surface area contributed by atoms with Crippen molar-refractivity contribution < 1.29 is 23.4 Å². The fraction of sp³-hybridized carbons (Fsp3) is 0.158. The predicted molar refractivity (Wildman–Crippen MR) is 90.4 cm³/mol. The molecule has 0 bridgehead atoms. The molecule has 0 saturated carbocycles. The summed E-state index contributed by atoms with van der Waals surface area (Å²) in [7, 11) is 2.82. The van der Waals surface area contributed by atoms with Gasteiger partial charge in [0.15, 0.2) is 11.5 Å². The highest BCUT2D eigenvalue weighted by molar-refractivity contribution is 5.90. The second-order valence-corrected chi connectivity index (χ2v) is 4.97. The third kappa shape index (κ3) is 4.66. The monoisotopic (exact) mass is 341 g/mol. The number of carbonyl (C=O) groups is 1. The van der Waals surface area contributed by atoms with E-state index >= 15 is 0 Å². The Morgan fingerprint density at radius 1 is 1.20 bits per heavy atom. The smallest absolute Gasteiger partial charge is 0.337 e. The van der Waals surface area contributed by atoms with Crippen molar-refractivity contribution in [2.75, 3.05) is 20.8 Å². The SMILES string of the molecule is COCC(=O)Oc1ccc(/C=C(/C#N)c2ccccc2F)cc1OC. The Bertz CT molecular complexity index is 840. The number of benzene rings is 2. The quantitative estimate of drug-likeness (QED) is 0.348. The third-order valence-corrected chi connectivity index (χ3v) is 3.27. The van der Waals surface area contributed by atoms with Crippen molar-refractivity contribution in [3.63, 3.8) is 0 Å². The van der Waals surface area contributed by atoms with Crippen LogP contribution in [0.5, 0.6) is 11.5 Å². The van der Waals surface area contributed by atoms with Gasteiger partial charge in [0.25, 0.3) is 0 Å². The van der Waals surface area contributed by atoms with Gasteiger partial charge in [0, 0.05) is 12.7 Å². The second kappa shape index (κ2) is 8.62. The molecule has 0 N–H and O–H groups in total. The molecule has 0 aliphatic heterocycles. The van der Waals surface area contributed by atoms with Crippen molar-refractivity contribution >= 4 is 17.6 Å². The second-order valence-electron chi connectivity index (χ2n) is 4.97. The van der Waals surface area contributed by atoms with Crippen molar-refractivity contribution in [3.05, 3.63) is 59.4 Å². The Balaban J connectivity index is 2.35. The summed E-state index contributed by atoms with van der Waals surface area (Å²) in [5.41, 5.74) is 0.979. The van der Waals surface area contributed by atoms with E-state index in [0.29, 0.717) is 11.3 Å². The first kappa shape index (κ1) is 18.2. The lowest BCUT2D eigenvalue weighted by Gasteiger charge is -2.10. The van der Waals surface area contributed by atoms with Crippen LogP contribution in [0.3, 0.4) is 0 Å². The van der Waals surface area contributed by atoms with Gasteiger partial charge in [0.1, 0.15) is 12.4 Å². The van der Waals surface area contributed by atoms with E-state index in [1.54, 1.807) is 24.3 Å².